The quantitative estimate of drug-likeness (QED) is 0.602. The Morgan fingerprint density at radius 3 is 2.53 bits per heavy atom. The van der Waals surface area contributed by atoms with E-state index in [4.69, 9.17) is 4.42 Å². The van der Waals surface area contributed by atoms with Gasteiger partial charge in [0.15, 0.2) is 5.76 Å². The van der Waals surface area contributed by atoms with Crippen LogP contribution in [0.1, 0.15) is 34.8 Å². The van der Waals surface area contributed by atoms with Gasteiger partial charge in [-0.3, -0.25) is 14.4 Å². The Labute approximate surface area is 190 Å². The molecule has 1 aliphatic heterocycles. The second kappa shape index (κ2) is 8.92. The molecule has 2 N–H and O–H groups in total. The number of amides is 3. The molecule has 4 rings (SSSR count). The highest BCUT2D eigenvalue weighted by Gasteiger charge is 2.27. The first-order chi connectivity index (χ1) is 15.3. The van der Waals surface area contributed by atoms with Gasteiger partial charge in [-0.2, -0.15) is 0 Å². The summed E-state index contributed by atoms with van der Waals surface area (Å²) in [6.07, 6.45) is 1.41. The van der Waals surface area contributed by atoms with Crippen molar-refractivity contribution in [2.45, 2.75) is 29.7 Å². The van der Waals surface area contributed by atoms with Gasteiger partial charge in [-0.25, -0.2) is 0 Å². The Bertz CT molecular complexity index is 1170. The van der Waals surface area contributed by atoms with Crippen molar-refractivity contribution in [1.29, 1.82) is 0 Å². The topological polar surface area (TPSA) is 91.6 Å². The summed E-state index contributed by atoms with van der Waals surface area (Å²) < 4.78 is 5.12. The Morgan fingerprint density at radius 2 is 1.81 bits per heavy atom. The minimum Gasteiger partial charge on any atom is -0.459 e. The molecule has 32 heavy (non-hydrogen) atoms. The normalized spacial score (nSPS) is 13.8. The lowest BCUT2D eigenvalue weighted by Gasteiger charge is -2.22. The fraction of sp³-hybridized carbons (Fsp3) is 0.208. The number of nitrogens with zero attached hydrogens (tertiary/aromatic N) is 1. The van der Waals surface area contributed by atoms with E-state index in [0.717, 1.165) is 15.5 Å². The highest BCUT2D eigenvalue weighted by molar-refractivity contribution is 7.99. The average Bonchev–Trinajstić information content (AvgIpc) is 3.29. The van der Waals surface area contributed by atoms with Crippen LogP contribution < -0.4 is 15.5 Å². The van der Waals surface area contributed by atoms with Crippen molar-refractivity contribution < 1.29 is 18.8 Å². The lowest BCUT2D eigenvalue weighted by molar-refractivity contribution is -0.118. The Kier molecular flexibility index (Phi) is 6.05. The predicted molar refractivity (Wildman–Crippen MR) is 123 cm³/mol. The maximum absolute atomic E-state index is 13.0. The molecule has 1 atom stereocenters. The van der Waals surface area contributed by atoms with Crippen LogP contribution in [0.3, 0.4) is 0 Å². The maximum Gasteiger partial charge on any atom is 0.287 e. The molecule has 0 aliphatic carbocycles. The molecule has 8 heteroatoms. The number of nitrogens with one attached hydrogen (secondary N) is 2. The van der Waals surface area contributed by atoms with Crippen molar-refractivity contribution >= 4 is 40.9 Å². The second-order valence-corrected chi connectivity index (χ2v) is 8.89. The Balaban J connectivity index is 1.56. The molecule has 3 aromatic rings. The van der Waals surface area contributed by atoms with Gasteiger partial charge in [-0.1, -0.05) is 37.7 Å². The van der Waals surface area contributed by atoms with Crippen LogP contribution in [0.5, 0.6) is 0 Å². The van der Waals surface area contributed by atoms with Gasteiger partial charge in [0.2, 0.25) is 5.91 Å². The summed E-state index contributed by atoms with van der Waals surface area (Å²) in [6, 6.07) is 15.3. The Hall–Kier alpha value is -3.52. The van der Waals surface area contributed by atoms with E-state index in [9.17, 15) is 14.4 Å². The fourth-order valence-corrected chi connectivity index (χ4v) is 4.61. The predicted octanol–water partition coefficient (Wildman–Crippen LogP) is 4.41. The molecule has 0 radical (unpaired) electrons. The van der Waals surface area contributed by atoms with Crippen LogP contribution in [0.2, 0.25) is 0 Å². The molecule has 0 fully saturated rings. The summed E-state index contributed by atoms with van der Waals surface area (Å²) in [5.74, 6) is -0.846. The third kappa shape index (κ3) is 4.27. The largest absolute Gasteiger partial charge is 0.459 e. The van der Waals surface area contributed by atoms with E-state index in [1.807, 2.05) is 50.2 Å². The lowest BCUT2D eigenvalue weighted by atomic mass is 10.0. The van der Waals surface area contributed by atoms with Crippen LogP contribution in [0, 0.1) is 5.92 Å². The first-order valence-corrected chi connectivity index (χ1v) is 11.0. The van der Waals surface area contributed by atoms with E-state index in [0.29, 0.717) is 11.3 Å². The third-order valence-corrected chi connectivity index (χ3v) is 6.33. The van der Waals surface area contributed by atoms with Crippen molar-refractivity contribution in [3.8, 4) is 0 Å². The van der Waals surface area contributed by atoms with Crippen LogP contribution in [0.15, 0.2) is 75.1 Å². The summed E-state index contributed by atoms with van der Waals surface area (Å²) in [6.45, 7) is 3.72. The summed E-state index contributed by atoms with van der Waals surface area (Å²) in [4.78, 5) is 41.5. The van der Waals surface area contributed by atoms with Gasteiger partial charge in [0.05, 0.1) is 17.5 Å². The first-order valence-electron chi connectivity index (χ1n) is 10.2. The van der Waals surface area contributed by atoms with Gasteiger partial charge < -0.3 is 20.0 Å². The van der Waals surface area contributed by atoms with Crippen LogP contribution in [0.25, 0.3) is 0 Å². The molecule has 3 amide bonds. The zero-order chi connectivity index (χ0) is 22.8. The van der Waals surface area contributed by atoms with Gasteiger partial charge in [0.1, 0.15) is 6.04 Å². The number of carbonyl (C=O) groups is 3. The summed E-state index contributed by atoms with van der Waals surface area (Å²) in [5.41, 5.74) is 1.99. The monoisotopic (exact) mass is 449 g/mol. The second-order valence-electron chi connectivity index (χ2n) is 7.81. The molecule has 0 spiro atoms. The molecule has 164 valence electrons. The van der Waals surface area contributed by atoms with Crippen molar-refractivity contribution in [2.75, 3.05) is 17.3 Å². The van der Waals surface area contributed by atoms with Gasteiger partial charge in [-0.15, -0.1) is 0 Å². The van der Waals surface area contributed by atoms with E-state index in [1.165, 1.54) is 18.0 Å². The maximum atomic E-state index is 13.0. The van der Waals surface area contributed by atoms with Gasteiger partial charge >= 0.3 is 0 Å². The SMILES string of the molecule is CC(C)[C@H](NC(=O)c1ccco1)C(=O)Nc1ccc2c(c1)Sc1ccccc1C(=O)N2C. The number of anilines is 2. The molecule has 0 saturated carbocycles. The van der Waals surface area contributed by atoms with Gasteiger partial charge in [0, 0.05) is 22.5 Å². The van der Waals surface area contributed by atoms with Crippen molar-refractivity contribution in [1.82, 2.24) is 5.32 Å². The van der Waals surface area contributed by atoms with E-state index in [2.05, 4.69) is 10.6 Å². The fourth-order valence-electron chi connectivity index (χ4n) is 3.47. The van der Waals surface area contributed by atoms with Crippen LogP contribution in [-0.2, 0) is 4.79 Å². The molecule has 1 aromatic heterocycles. The highest BCUT2D eigenvalue weighted by atomic mass is 32.2. The van der Waals surface area contributed by atoms with Gasteiger partial charge in [-0.05, 0) is 48.4 Å². The first kappa shape index (κ1) is 21.7. The molecule has 2 heterocycles. The molecule has 1 aliphatic rings. The van der Waals surface area contributed by atoms with Crippen LogP contribution in [0.4, 0.5) is 11.4 Å². The minimum absolute atomic E-state index is 0.0795. The number of fused-ring (bicyclic) bond motifs is 2. The molecular weight excluding hydrogens is 426 g/mol. The lowest BCUT2D eigenvalue weighted by Crippen LogP contribution is -2.47. The number of carbonyl (C=O) groups excluding carboxylic acids is 3. The summed E-state index contributed by atoms with van der Waals surface area (Å²) in [5, 5.41) is 5.63. The molecule has 2 aromatic carbocycles. The summed E-state index contributed by atoms with van der Waals surface area (Å²) in [7, 11) is 1.74. The van der Waals surface area contributed by atoms with Crippen LogP contribution in [-0.4, -0.2) is 30.8 Å². The van der Waals surface area contributed by atoms with E-state index in [1.54, 1.807) is 30.1 Å². The standard InChI is InChI=1S/C24H23N3O4S/c1-14(2)21(26-22(28)18-8-6-12-31-18)23(29)25-15-10-11-17-20(13-15)32-19-9-5-4-7-16(19)24(30)27(17)3/h4-14,21H,1-3H3,(H,25,29)(H,26,28)/t21-/m0/s1. The summed E-state index contributed by atoms with van der Waals surface area (Å²) >= 11 is 1.48. The molecule has 0 bridgehead atoms. The number of rotatable bonds is 5. The Morgan fingerprint density at radius 1 is 1.03 bits per heavy atom. The highest BCUT2D eigenvalue weighted by Crippen LogP contribution is 2.42. The van der Waals surface area contributed by atoms with Gasteiger partial charge in [0.25, 0.3) is 11.8 Å². The van der Waals surface area contributed by atoms with E-state index < -0.39 is 11.9 Å². The van der Waals surface area contributed by atoms with E-state index >= 15 is 0 Å². The zero-order valence-electron chi connectivity index (χ0n) is 17.9. The average molecular weight is 450 g/mol. The number of benzene rings is 2. The van der Waals surface area contributed by atoms with Crippen molar-refractivity contribution in [3.05, 3.63) is 72.2 Å². The number of hydrogen-bond donors (Lipinski definition) is 2. The third-order valence-electron chi connectivity index (χ3n) is 5.21. The van der Waals surface area contributed by atoms with Crippen LogP contribution >= 0.6 is 11.8 Å². The number of hydrogen-bond acceptors (Lipinski definition) is 5. The molecule has 7 nitrogen and oxygen atoms in total. The van der Waals surface area contributed by atoms with Crippen molar-refractivity contribution in [3.63, 3.8) is 0 Å². The molecule has 0 unspecified atom stereocenters. The molecular formula is C24H23N3O4S. The molecule has 0 saturated heterocycles. The minimum atomic E-state index is -0.746. The number of furan rings is 1. The zero-order valence-corrected chi connectivity index (χ0v) is 18.7. The smallest absolute Gasteiger partial charge is 0.287 e. The van der Waals surface area contributed by atoms with Crippen molar-refractivity contribution in [2.24, 2.45) is 5.92 Å². The van der Waals surface area contributed by atoms with E-state index in [-0.39, 0.29) is 23.5 Å².